The fourth-order valence-electron chi connectivity index (χ4n) is 2.96. The predicted molar refractivity (Wildman–Crippen MR) is 90.5 cm³/mol. The van der Waals surface area contributed by atoms with E-state index in [1.165, 1.54) is 5.69 Å². The summed E-state index contributed by atoms with van der Waals surface area (Å²) in [4.78, 5) is 22.6. The minimum atomic E-state index is -0.0143. The summed E-state index contributed by atoms with van der Waals surface area (Å²) < 4.78 is 0. The van der Waals surface area contributed by atoms with Crippen LogP contribution >= 0.6 is 0 Å². The lowest BCUT2D eigenvalue weighted by molar-refractivity contribution is 0.0945. The molecule has 1 saturated heterocycles. The van der Waals surface area contributed by atoms with E-state index in [0.717, 1.165) is 38.2 Å². The van der Waals surface area contributed by atoms with Crippen LogP contribution < -0.4 is 10.2 Å². The molecule has 0 bridgehead atoms. The molecule has 2 aromatic rings. The second-order valence-electron chi connectivity index (χ2n) is 6.03. The first kappa shape index (κ1) is 15.5. The van der Waals surface area contributed by atoms with E-state index in [-0.39, 0.29) is 5.91 Å². The summed E-state index contributed by atoms with van der Waals surface area (Å²) in [6.45, 7) is 4.81. The van der Waals surface area contributed by atoms with Crippen LogP contribution in [0.15, 0.2) is 42.9 Å². The third-order valence-corrected chi connectivity index (χ3v) is 4.35. The van der Waals surface area contributed by atoms with Gasteiger partial charge in [-0.1, -0.05) is 0 Å². The summed E-state index contributed by atoms with van der Waals surface area (Å²) in [6.07, 6.45) is 7.34. The molecule has 1 fully saturated rings. The van der Waals surface area contributed by atoms with Crippen molar-refractivity contribution in [2.45, 2.75) is 19.8 Å². The van der Waals surface area contributed by atoms with Gasteiger partial charge in [0, 0.05) is 55.2 Å². The smallest absolute Gasteiger partial charge is 0.251 e. The van der Waals surface area contributed by atoms with Gasteiger partial charge in [0.2, 0.25) is 0 Å². The Bertz CT molecular complexity index is 651. The Hall–Kier alpha value is -2.43. The van der Waals surface area contributed by atoms with Gasteiger partial charge in [-0.3, -0.25) is 14.8 Å². The number of aryl methyl sites for hydroxylation is 1. The number of nitrogens with one attached hydrogen (secondary N) is 1. The monoisotopic (exact) mass is 310 g/mol. The number of pyridine rings is 2. The van der Waals surface area contributed by atoms with Crippen LogP contribution in [-0.4, -0.2) is 35.5 Å². The van der Waals surface area contributed by atoms with Gasteiger partial charge in [0.05, 0.1) is 0 Å². The average Bonchev–Trinajstić information content (AvgIpc) is 2.61. The summed E-state index contributed by atoms with van der Waals surface area (Å²) in [5, 5.41) is 3.04. The van der Waals surface area contributed by atoms with Crippen molar-refractivity contribution in [1.29, 1.82) is 0 Å². The fraction of sp³-hybridized carbons (Fsp3) is 0.389. The van der Waals surface area contributed by atoms with Crippen LogP contribution in [0.4, 0.5) is 5.69 Å². The maximum atomic E-state index is 12.1. The van der Waals surface area contributed by atoms with Crippen LogP contribution in [0.25, 0.3) is 0 Å². The first-order valence-corrected chi connectivity index (χ1v) is 8.08. The van der Waals surface area contributed by atoms with Crippen molar-refractivity contribution in [3.8, 4) is 0 Å². The molecule has 3 rings (SSSR count). The number of rotatable bonds is 4. The second-order valence-corrected chi connectivity index (χ2v) is 6.03. The van der Waals surface area contributed by atoms with Gasteiger partial charge in [-0.25, -0.2) is 0 Å². The highest BCUT2D eigenvalue weighted by Crippen LogP contribution is 2.23. The van der Waals surface area contributed by atoms with E-state index in [0.29, 0.717) is 11.5 Å². The number of carbonyl (C=O) groups excluding carboxylic acids is 1. The SMILES string of the molecule is Cc1cc(N2CCC(CNC(=O)c3ccncc3)CC2)ccn1. The van der Waals surface area contributed by atoms with Crippen LogP contribution in [0.3, 0.4) is 0 Å². The molecule has 0 atom stereocenters. The number of amides is 1. The zero-order valence-corrected chi connectivity index (χ0v) is 13.4. The van der Waals surface area contributed by atoms with Crippen molar-refractivity contribution >= 4 is 11.6 Å². The van der Waals surface area contributed by atoms with E-state index in [1.54, 1.807) is 24.5 Å². The van der Waals surface area contributed by atoms with E-state index in [4.69, 9.17) is 0 Å². The van der Waals surface area contributed by atoms with Gasteiger partial charge in [-0.05, 0) is 49.9 Å². The number of piperidine rings is 1. The van der Waals surface area contributed by atoms with Crippen molar-refractivity contribution in [2.24, 2.45) is 5.92 Å². The van der Waals surface area contributed by atoms with Gasteiger partial charge in [0.25, 0.3) is 5.91 Å². The first-order chi connectivity index (χ1) is 11.2. The molecular formula is C18H22N4O. The average molecular weight is 310 g/mol. The summed E-state index contributed by atoms with van der Waals surface area (Å²) in [5.74, 6) is 0.527. The van der Waals surface area contributed by atoms with E-state index in [2.05, 4.69) is 32.3 Å². The van der Waals surface area contributed by atoms with Crippen molar-refractivity contribution in [1.82, 2.24) is 15.3 Å². The predicted octanol–water partition coefficient (Wildman–Crippen LogP) is 2.43. The molecule has 1 aliphatic rings. The number of aromatic nitrogens is 2. The molecule has 0 spiro atoms. The standard InChI is InChI=1S/C18H22N4O/c1-14-12-17(4-9-20-14)22-10-5-15(6-11-22)13-21-18(23)16-2-7-19-8-3-16/h2-4,7-9,12,15H,5-6,10-11,13H2,1H3,(H,21,23). The summed E-state index contributed by atoms with van der Waals surface area (Å²) in [7, 11) is 0. The molecule has 3 heterocycles. The number of anilines is 1. The fourth-order valence-corrected chi connectivity index (χ4v) is 2.96. The molecule has 2 aromatic heterocycles. The Morgan fingerprint density at radius 2 is 1.96 bits per heavy atom. The molecule has 0 aromatic carbocycles. The maximum absolute atomic E-state index is 12.1. The van der Waals surface area contributed by atoms with Gasteiger partial charge in [-0.2, -0.15) is 0 Å². The normalized spacial score (nSPS) is 15.4. The molecule has 0 unspecified atom stereocenters. The van der Waals surface area contributed by atoms with Gasteiger partial charge < -0.3 is 10.2 Å². The van der Waals surface area contributed by atoms with Crippen molar-refractivity contribution in [3.05, 3.63) is 54.1 Å². The number of hydrogen-bond acceptors (Lipinski definition) is 4. The molecule has 5 nitrogen and oxygen atoms in total. The maximum Gasteiger partial charge on any atom is 0.251 e. The molecule has 1 aliphatic heterocycles. The lowest BCUT2D eigenvalue weighted by Gasteiger charge is -2.33. The summed E-state index contributed by atoms with van der Waals surface area (Å²) >= 11 is 0. The lowest BCUT2D eigenvalue weighted by Crippen LogP contribution is -2.38. The third kappa shape index (κ3) is 4.06. The summed E-state index contributed by atoms with van der Waals surface area (Å²) in [6, 6.07) is 7.68. The van der Waals surface area contributed by atoms with Crippen LogP contribution in [0, 0.1) is 12.8 Å². The Morgan fingerprint density at radius 1 is 1.22 bits per heavy atom. The van der Waals surface area contributed by atoms with Crippen molar-refractivity contribution < 1.29 is 4.79 Å². The molecular weight excluding hydrogens is 288 g/mol. The molecule has 5 heteroatoms. The van der Waals surface area contributed by atoms with Crippen LogP contribution in [0.5, 0.6) is 0 Å². The zero-order valence-electron chi connectivity index (χ0n) is 13.4. The van der Waals surface area contributed by atoms with E-state index < -0.39 is 0 Å². The molecule has 0 radical (unpaired) electrons. The van der Waals surface area contributed by atoms with Crippen molar-refractivity contribution in [3.63, 3.8) is 0 Å². The number of hydrogen-bond donors (Lipinski definition) is 1. The summed E-state index contributed by atoms with van der Waals surface area (Å²) in [5.41, 5.74) is 2.97. The lowest BCUT2D eigenvalue weighted by atomic mass is 9.96. The molecule has 0 aliphatic carbocycles. The Kier molecular flexibility index (Phi) is 4.86. The number of carbonyl (C=O) groups is 1. The topological polar surface area (TPSA) is 58.1 Å². The van der Waals surface area contributed by atoms with Gasteiger partial charge in [-0.15, -0.1) is 0 Å². The van der Waals surface area contributed by atoms with Crippen molar-refractivity contribution in [2.75, 3.05) is 24.5 Å². The second kappa shape index (κ2) is 7.22. The largest absolute Gasteiger partial charge is 0.371 e. The molecule has 1 amide bonds. The van der Waals surface area contributed by atoms with Crippen LogP contribution in [-0.2, 0) is 0 Å². The minimum absolute atomic E-state index is 0.0143. The van der Waals surface area contributed by atoms with E-state index in [1.807, 2.05) is 13.1 Å². The molecule has 0 saturated carbocycles. The minimum Gasteiger partial charge on any atom is -0.371 e. The van der Waals surface area contributed by atoms with Gasteiger partial charge in [0.1, 0.15) is 0 Å². The molecule has 1 N–H and O–H groups in total. The highest BCUT2D eigenvalue weighted by atomic mass is 16.1. The number of nitrogens with zero attached hydrogens (tertiary/aromatic N) is 3. The third-order valence-electron chi connectivity index (χ3n) is 4.35. The molecule has 23 heavy (non-hydrogen) atoms. The van der Waals surface area contributed by atoms with Crippen LogP contribution in [0.1, 0.15) is 28.9 Å². The highest BCUT2D eigenvalue weighted by Gasteiger charge is 2.20. The Labute approximate surface area is 136 Å². The quantitative estimate of drug-likeness (QED) is 0.942. The van der Waals surface area contributed by atoms with Gasteiger partial charge in [0.15, 0.2) is 0 Å². The molecule has 120 valence electrons. The zero-order chi connectivity index (χ0) is 16.1. The van der Waals surface area contributed by atoms with E-state index >= 15 is 0 Å². The Morgan fingerprint density at radius 3 is 2.65 bits per heavy atom. The first-order valence-electron chi connectivity index (χ1n) is 8.08. The van der Waals surface area contributed by atoms with E-state index in [9.17, 15) is 4.79 Å². The highest BCUT2D eigenvalue weighted by molar-refractivity contribution is 5.93. The Balaban J connectivity index is 1.47. The van der Waals surface area contributed by atoms with Crippen LogP contribution in [0.2, 0.25) is 0 Å². The van der Waals surface area contributed by atoms with Gasteiger partial charge >= 0.3 is 0 Å².